The third-order valence-electron chi connectivity index (χ3n) is 3.44. The van der Waals surface area contributed by atoms with Crippen LogP contribution in [0.2, 0.25) is 0 Å². The van der Waals surface area contributed by atoms with Gasteiger partial charge in [-0.1, -0.05) is 13.8 Å². The monoisotopic (exact) mass is 267 g/mol. The SMILES string of the molecule is CC(C)CC1CN(CCc2nccs2)CCCN1. The summed E-state index contributed by atoms with van der Waals surface area (Å²) in [4.78, 5) is 6.97. The van der Waals surface area contributed by atoms with Gasteiger partial charge in [-0.15, -0.1) is 11.3 Å². The van der Waals surface area contributed by atoms with Gasteiger partial charge in [0, 0.05) is 37.1 Å². The predicted molar refractivity (Wildman–Crippen MR) is 78.1 cm³/mol. The third kappa shape index (κ3) is 4.67. The molecule has 1 aliphatic heterocycles. The lowest BCUT2D eigenvalue weighted by molar-refractivity contribution is 0.258. The van der Waals surface area contributed by atoms with Gasteiger partial charge in [-0.3, -0.25) is 0 Å². The Morgan fingerprint density at radius 2 is 2.44 bits per heavy atom. The second kappa shape index (κ2) is 7.22. The van der Waals surface area contributed by atoms with E-state index in [4.69, 9.17) is 0 Å². The van der Waals surface area contributed by atoms with Gasteiger partial charge in [-0.05, 0) is 31.8 Å². The summed E-state index contributed by atoms with van der Waals surface area (Å²) in [6.07, 6.45) is 5.57. The first kappa shape index (κ1) is 14.0. The van der Waals surface area contributed by atoms with Crippen molar-refractivity contribution >= 4 is 11.3 Å². The van der Waals surface area contributed by atoms with E-state index in [1.54, 1.807) is 11.3 Å². The molecule has 1 aromatic rings. The van der Waals surface area contributed by atoms with Crippen LogP contribution in [0.5, 0.6) is 0 Å². The van der Waals surface area contributed by atoms with Gasteiger partial charge in [-0.2, -0.15) is 0 Å². The van der Waals surface area contributed by atoms with Gasteiger partial charge in [-0.25, -0.2) is 4.98 Å². The molecule has 18 heavy (non-hydrogen) atoms. The molecule has 1 aromatic heterocycles. The molecule has 0 aromatic carbocycles. The molecule has 0 radical (unpaired) electrons. The van der Waals surface area contributed by atoms with Gasteiger partial charge in [0.1, 0.15) is 0 Å². The zero-order valence-corrected chi connectivity index (χ0v) is 12.4. The number of nitrogens with zero attached hydrogens (tertiary/aromatic N) is 2. The van der Waals surface area contributed by atoms with E-state index in [-0.39, 0.29) is 0 Å². The molecule has 0 saturated carbocycles. The van der Waals surface area contributed by atoms with Gasteiger partial charge in [0.2, 0.25) is 0 Å². The Hall–Kier alpha value is -0.450. The molecular weight excluding hydrogens is 242 g/mol. The van der Waals surface area contributed by atoms with Crippen molar-refractivity contribution in [3.8, 4) is 0 Å². The normalized spacial score (nSPS) is 22.3. The fourth-order valence-electron chi connectivity index (χ4n) is 2.64. The van der Waals surface area contributed by atoms with E-state index >= 15 is 0 Å². The maximum Gasteiger partial charge on any atom is 0.0937 e. The largest absolute Gasteiger partial charge is 0.313 e. The lowest BCUT2D eigenvalue weighted by atomic mass is 10.0. The van der Waals surface area contributed by atoms with Crippen LogP contribution in [0.15, 0.2) is 11.6 Å². The molecule has 4 heteroatoms. The minimum atomic E-state index is 0.670. The van der Waals surface area contributed by atoms with Crippen LogP contribution in [-0.2, 0) is 6.42 Å². The number of rotatable bonds is 5. The highest BCUT2D eigenvalue weighted by molar-refractivity contribution is 7.09. The molecule has 0 aliphatic carbocycles. The zero-order chi connectivity index (χ0) is 12.8. The zero-order valence-electron chi connectivity index (χ0n) is 11.6. The fraction of sp³-hybridized carbons (Fsp3) is 0.786. The number of hydrogen-bond acceptors (Lipinski definition) is 4. The minimum absolute atomic E-state index is 0.670. The quantitative estimate of drug-likeness (QED) is 0.888. The highest BCUT2D eigenvalue weighted by Crippen LogP contribution is 2.11. The third-order valence-corrected chi connectivity index (χ3v) is 4.28. The van der Waals surface area contributed by atoms with E-state index in [9.17, 15) is 0 Å². The van der Waals surface area contributed by atoms with Crippen molar-refractivity contribution in [3.05, 3.63) is 16.6 Å². The maximum atomic E-state index is 4.37. The molecule has 1 N–H and O–H groups in total. The summed E-state index contributed by atoms with van der Waals surface area (Å²) in [6.45, 7) is 9.38. The topological polar surface area (TPSA) is 28.2 Å². The summed E-state index contributed by atoms with van der Waals surface area (Å²) in [5, 5.41) is 7.02. The Morgan fingerprint density at radius 1 is 1.56 bits per heavy atom. The lowest BCUT2D eigenvalue weighted by Gasteiger charge is -2.25. The van der Waals surface area contributed by atoms with Crippen LogP contribution < -0.4 is 5.32 Å². The molecule has 1 atom stereocenters. The van der Waals surface area contributed by atoms with Crippen LogP contribution in [0.1, 0.15) is 31.7 Å². The van der Waals surface area contributed by atoms with Crippen molar-refractivity contribution in [2.75, 3.05) is 26.2 Å². The highest BCUT2D eigenvalue weighted by atomic mass is 32.1. The molecule has 2 heterocycles. The molecule has 102 valence electrons. The number of aromatic nitrogens is 1. The van der Waals surface area contributed by atoms with Crippen LogP contribution in [0.4, 0.5) is 0 Å². The van der Waals surface area contributed by atoms with Gasteiger partial charge in [0.05, 0.1) is 5.01 Å². The van der Waals surface area contributed by atoms with E-state index in [0.29, 0.717) is 6.04 Å². The summed E-state index contributed by atoms with van der Waals surface area (Å²) < 4.78 is 0. The summed E-state index contributed by atoms with van der Waals surface area (Å²) in [5.74, 6) is 0.779. The standard InChI is InChI=1S/C14H25N3S/c1-12(2)10-13-11-17(7-3-5-15-13)8-4-14-16-6-9-18-14/h6,9,12-13,15H,3-5,7-8,10-11H2,1-2H3. The molecule has 1 unspecified atom stereocenters. The Bertz CT molecular complexity index is 324. The predicted octanol–water partition coefficient (Wildman–Crippen LogP) is 2.40. The molecule has 0 spiro atoms. The number of nitrogens with one attached hydrogen (secondary N) is 1. The second-order valence-electron chi connectivity index (χ2n) is 5.61. The van der Waals surface area contributed by atoms with Crippen molar-refractivity contribution < 1.29 is 0 Å². The van der Waals surface area contributed by atoms with Crippen molar-refractivity contribution in [2.24, 2.45) is 5.92 Å². The van der Waals surface area contributed by atoms with Crippen LogP contribution in [-0.4, -0.2) is 42.1 Å². The molecule has 1 saturated heterocycles. The van der Waals surface area contributed by atoms with Crippen molar-refractivity contribution in [1.82, 2.24) is 15.2 Å². The first-order valence-corrected chi connectivity index (χ1v) is 7.96. The summed E-state index contributed by atoms with van der Waals surface area (Å²) >= 11 is 1.77. The average molecular weight is 267 g/mol. The van der Waals surface area contributed by atoms with Gasteiger partial charge in [0.15, 0.2) is 0 Å². The first-order chi connectivity index (χ1) is 8.74. The minimum Gasteiger partial charge on any atom is -0.313 e. The maximum absolute atomic E-state index is 4.37. The molecule has 1 aliphatic rings. The Labute approximate surface area is 115 Å². The van der Waals surface area contributed by atoms with Gasteiger partial charge in [0.25, 0.3) is 0 Å². The smallest absolute Gasteiger partial charge is 0.0937 e. The molecule has 0 bridgehead atoms. The van der Waals surface area contributed by atoms with E-state index in [1.165, 1.54) is 37.5 Å². The van der Waals surface area contributed by atoms with Crippen molar-refractivity contribution in [3.63, 3.8) is 0 Å². The van der Waals surface area contributed by atoms with Crippen LogP contribution in [0, 0.1) is 5.92 Å². The van der Waals surface area contributed by atoms with Gasteiger partial charge < -0.3 is 10.2 Å². The van der Waals surface area contributed by atoms with E-state index in [0.717, 1.165) is 18.9 Å². The lowest BCUT2D eigenvalue weighted by Crippen LogP contribution is -2.39. The molecular formula is C14H25N3S. The van der Waals surface area contributed by atoms with Crippen LogP contribution in [0.3, 0.4) is 0 Å². The van der Waals surface area contributed by atoms with Crippen LogP contribution >= 0.6 is 11.3 Å². The summed E-state index contributed by atoms with van der Waals surface area (Å²) in [6, 6.07) is 0.670. The molecule has 3 nitrogen and oxygen atoms in total. The molecule has 2 rings (SSSR count). The van der Waals surface area contributed by atoms with E-state index in [1.807, 2.05) is 6.20 Å². The first-order valence-electron chi connectivity index (χ1n) is 7.08. The Balaban J connectivity index is 1.79. The Morgan fingerprint density at radius 3 is 3.17 bits per heavy atom. The molecule has 0 amide bonds. The van der Waals surface area contributed by atoms with Crippen LogP contribution in [0.25, 0.3) is 0 Å². The van der Waals surface area contributed by atoms with Crippen molar-refractivity contribution in [1.29, 1.82) is 0 Å². The van der Waals surface area contributed by atoms with E-state index in [2.05, 4.69) is 34.4 Å². The van der Waals surface area contributed by atoms with Crippen molar-refractivity contribution in [2.45, 2.75) is 39.2 Å². The second-order valence-corrected chi connectivity index (χ2v) is 6.59. The average Bonchev–Trinajstić information content (AvgIpc) is 2.74. The summed E-state index contributed by atoms with van der Waals surface area (Å²) in [7, 11) is 0. The number of thiazole rings is 1. The van der Waals surface area contributed by atoms with Gasteiger partial charge >= 0.3 is 0 Å². The highest BCUT2D eigenvalue weighted by Gasteiger charge is 2.18. The molecule has 1 fully saturated rings. The Kier molecular flexibility index (Phi) is 5.60. The summed E-state index contributed by atoms with van der Waals surface area (Å²) in [5.41, 5.74) is 0. The van der Waals surface area contributed by atoms with E-state index < -0.39 is 0 Å². The fourth-order valence-corrected chi connectivity index (χ4v) is 3.25. The number of hydrogen-bond donors (Lipinski definition) is 1.